The Bertz CT molecular complexity index is 329. The van der Waals surface area contributed by atoms with Crippen LogP contribution in [0.3, 0.4) is 0 Å². The standard InChI is InChI=1S/C11H15N3/c1-8-6-9(8)4-5-13-10-2-3-11(12)14-7-10/h2-3,7,9,13H,1,4-6H2,(H2,12,14). The van der Waals surface area contributed by atoms with Gasteiger partial charge >= 0.3 is 0 Å². The molecule has 1 atom stereocenters. The van der Waals surface area contributed by atoms with Crippen molar-refractivity contribution in [2.75, 3.05) is 17.6 Å². The van der Waals surface area contributed by atoms with Gasteiger partial charge in [-0.05, 0) is 30.9 Å². The SMILES string of the molecule is C=C1CC1CCNc1ccc(N)nc1. The largest absolute Gasteiger partial charge is 0.384 e. The molecule has 1 aliphatic rings. The Kier molecular flexibility index (Phi) is 2.39. The van der Waals surface area contributed by atoms with Crippen LogP contribution >= 0.6 is 0 Å². The summed E-state index contributed by atoms with van der Waals surface area (Å²) in [5.41, 5.74) is 7.91. The van der Waals surface area contributed by atoms with E-state index >= 15 is 0 Å². The minimum Gasteiger partial charge on any atom is -0.384 e. The van der Waals surface area contributed by atoms with Gasteiger partial charge in [0.15, 0.2) is 0 Å². The second-order valence-corrected chi connectivity index (χ2v) is 3.75. The van der Waals surface area contributed by atoms with E-state index in [1.807, 2.05) is 6.07 Å². The van der Waals surface area contributed by atoms with Crippen LogP contribution in [0, 0.1) is 5.92 Å². The maximum Gasteiger partial charge on any atom is 0.123 e. The third-order valence-corrected chi connectivity index (χ3v) is 2.53. The van der Waals surface area contributed by atoms with Gasteiger partial charge < -0.3 is 11.1 Å². The van der Waals surface area contributed by atoms with E-state index in [0.29, 0.717) is 5.82 Å². The van der Waals surface area contributed by atoms with Crippen LogP contribution in [0.5, 0.6) is 0 Å². The second-order valence-electron chi connectivity index (χ2n) is 3.75. The second kappa shape index (κ2) is 3.70. The Labute approximate surface area is 84.0 Å². The number of nitrogens with zero attached hydrogens (tertiary/aromatic N) is 1. The van der Waals surface area contributed by atoms with Crippen LogP contribution in [0.2, 0.25) is 0 Å². The predicted octanol–water partition coefficient (Wildman–Crippen LogP) is 2.04. The van der Waals surface area contributed by atoms with E-state index in [9.17, 15) is 0 Å². The van der Waals surface area contributed by atoms with Crippen molar-refractivity contribution >= 4 is 11.5 Å². The zero-order valence-corrected chi connectivity index (χ0v) is 8.16. The number of nitrogen functional groups attached to an aromatic ring is 1. The van der Waals surface area contributed by atoms with Crippen LogP contribution in [0.1, 0.15) is 12.8 Å². The molecule has 1 fully saturated rings. The first kappa shape index (κ1) is 9.06. The topological polar surface area (TPSA) is 50.9 Å². The summed E-state index contributed by atoms with van der Waals surface area (Å²) in [4.78, 5) is 4.01. The quantitative estimate of drug-likeness (QED) is 0.713. The summed E-state index contributed by atoms with van der Waals surface area (Å²) < 4.78 is 0. The van der Waals surface area contributed by atoms with Gasteiger partial charge in [0.25, 0.3) is 0 Å². The molecule has 1 aromatic rings. The third-order valence-electron chi connectivity index (χ3n) is 2.53. The van der Waals surface area contributed by atoms with Crippen LogP contribution < -0.4 is 11.1 Å². The number of hydrogen-bond acceptors (Lipinski definition) is 3. The van der Waals surface area contributed by atoms with Crippen molar-refractivity contribution in [1.82, 2.24) is 4.98 Å². The molecule has 74 valence electrons. The highest BCUT2D eigenvalue weighted by Gasteiger charge is 2.25. The summed E-state index contributed by atoms with van der Waals surface area (Å²) in [6.45, 7) is 4.91. The fraction of sp³-hybridized carbons (Fsp3) is 0.364. The van der Waals surface area contributed by atoms with Crippen molar-refractivity contribution in [2.45, 2.75) is 12.8 Å². The Morgan fingerprint density at radius 2 is 2.36 bits per heavy atom. The molecule has 1 heterocycles. The van der Waals surface area contributed by atoms with E-state index in [2.05, 4.69) is 16.9 Å². The fourth-order valence-corrected chi connectivity index (χ4v) is 1.46. The van der Waals surface area contributed by atoms with Gasteiger partial charge in [0, 0.05) is 6.54 Å². The molecular formula is C11H15N3. The summed E-state index contributed by atoms with van der Waals surface area (Å²) in [5.74, 6) is 1.32. The molecule has 14 heavy (non-hydrogen) atoms. The lowest BCUT2D eigenvalue weighted by Crippen LogP contribution is -2.02. The van der Waals surface area contributed by atoms with Crippen molar-refractivity contribution in [3.63, 3.8) is 0 Å². The number of allylic oxidation sites excluding steroid dienone is 1. The number of anilines is 2. The summed E-state index contributed by atoms with van der Waals surface area (Å²) in [6, 6.07) is 3.75. The van der Waals surface area contributed by atoms with Crippen LogP contribution in [0.25, 0.3) is 0 Å². The van der Waals surface area contributed by atoms with Gasteiger partial charge in [-0.25, -0.2) is 4.98 Å². The van der Waals surface area contributed by atoms with E-state index in [4.69, 9.17) is 5.73 Å². The molecular weight excluding hydrogens is 174 g/mol. The molecule has 0 aromatic carbocycles. The zero-order chi connectivity index (χ0) is 9.97. The van der Waals surface area contributed by atoms with Gasteiger partial charge in [0.05, 0.1) is 11.9 Å². The maximum atomic E-state index is 5.48. The van der Waals surface area contributed by atoms with E-state index in [1.165, 1.54) is 18.4 Å². The number of nitrogens with two attached hydrogens (primary N) is 1. The molecule has 0 amide bonds. The van der Waals surface area contributed by atoms with E-state index < -0.39 is 0 Å². The highest BCUT2D eigenvalue weighted by Crippen LogP contribution is 2.38. The molecule has 3 N–H and O–H groups in total. The zero-order valence-electron chi connectivity index (χ0n) is 8.16. The molecule has 1 aromatic heterocycles. The summed E-state index contributed by atoms with van der Waals surface area (Å²) in [7, 11) is 0. The summed E-state index contributed by atoms with van der Waals surface area (Å²) in [6.07, 6.45) is 4.14. The molecule has 1 saturated carbocycles. The van der Waals surface area contributed by atoms with Crippen LogP contribution in [0.15, 0.2) is 30.5 Å². The first-order chi connectivity index (χ1) is 6.75. The Morgan fingerprint density at radius 3 is 2.93 bits per heavy atom. The van der Waals surface area contributed by atoms with Crippen molar-refractivity contribution in [1.29, 1.82) is 0 Å². The molecule has 3 nitrogen and oxygen atoms in total. The van der Waals surface area contributed by atoms with Crippen molar-refractivity contribution in [2.24, 2.45) is 5.92 Å². The Balaban J connectivity index is 1.74. The summed E-state index contributed by atoms with van der Waals surface area (Å²) in [5, 5.41) is 3.30. The number of pyridine rings is 1. The van der Waals surface area contributed by atoms with E-state index in [1.54, 1.807) is 12.3 Å². The number of hydrogen-bond donors (Lipinski definition) is 2. The number of rotatable bonds is 4. The van der Waals surface area contributed by atoms with Crippen LogP contribution in [-0.2, 0) is 0 Å². The van der Waals surface area contributed by atoms with E-state index in [0.717, 1.165) is 18.2 Å². The minimum absolute atomic E-state index is 0.561. The smallest absolute Gasteiger partial charge is 0.123 e. The van der Waals surface area contributed by atoms with Crippen molar-refractivity contribution < 1.29 is 0 Å². The molecule has 2 rings (SSSR count). The third kappa shape index (κ3) is 2.25. The van der Waals surface area contributed by atoms with Crippen molar-refractivity contribution in [3.05, 3.63) is 30.5 Å². The molecule has 0 radical (unpaired) electrons. The highest BCUT2D eigenvalue weighted by molar-refractivity contribution is 5.45. The monoisotopic (exact) mass is 189 g/mol. The molecule has 3 heteroatoms. The normalized spacial score (nSPS) is 19.4. The molecule has 0 bridgehead atoms. The highest BCUT2D eigenvalue weighted by atomic mass is 14.9. The lowest BCUT2D eigenvalue weighted by molar-refractivity contribution is 0.783. The molecule has 0 saturated heterocycles. The maximum absolute atomic E-state index is 5.48. The average molecular weight is 189 g/mol. The van der Waals surface area contributed by atoms with Crippen molar-refractivity contribution in [3.8, 4) is 0 Å². The van der Waals surface area contributed by atoms with Gasteiger partial charge in [-0.3, -0.25) is 0 Å². The fourth-order valence-electron chi connectivity index (χ4n) is 1.46. The molecule has 1 unspecified atom stereocenters. The Morgan fingerprint density at radius 1 is 1.57 bits per heavy atom. The molecule has 1 aliphatic carbocycles. The number of aromatic nitrogens is 1. The van der Waals surface area contributed by atoms with E-state index in [-0.39, 0.29) is 0 Å². The molecule has 0 spiro atoms. The lowest BCUT2D eigenvalue weighted by Gasteiger charge is -2.04. The van der Waals surface area contributed by atoms with Crippen LogP contribution in [-0.4, -0.2) is 11.5 Å². The molecule has 0 aliphatic heterocycles. The number of nitrogens with one attached hydrogen (secondary N) is 1. The van der Waals surface area contributed by atoms with Gasteiger partial charge in [0.2, 0.25) is 0 Å². The van der Waals surface area contributed by atoms with Gasteiger partial charge in [0.1, 0.15) is 5.82 Å². The Hall–Kier alpha value is -1.51. The van der Waals surface area contributed by atoms with Gasteiger partial charge in [-0.2, -0.15) is 0 Å². The van der Waals surface area contributed by atoms with Crippen LogP contribution in [0.4, 0.5) is 11.5 Å². The average Bonchev–Trinajstić information content (AvgIpc) is 2.86. The summed E-state index contributed by atoms with van der Waals surface area (Å²) >= 11 is 0. The minimum atomic E-state index is 0.561. The first-order valence-electron chi connectivity index (χ1n) is 4.89. The van der Waals surface area contributed by atoms with Gasteiger partial charge in [-0.15, -0.1) is 0 Å². The van der Waals surface area contributed by atoms with Gasteiger partial charge in [-0.1, -0.05) is 12.2 Å². The first-order valence-corrected chi connectivity index (χ1v) is 4.89. The predicted molar refractivity (Wildman–Crippen MR) is 59.0 cm³/mol. The lowest BCUT2D eigenvalue weighted by atomic mass is 10.3.